The monoisotopic (exact) mass is 257 g/mol. The third-order valence-corrected chi connectivity index (χ3v) is 2.98. The van der Waals surface area contributed by atoms with Crippen LogP contribution < -0.4 is 0 Å². The third-order valence-electron chi connectivity index (χ3n) is 2.52. The summed E-state index contributed by atoms with van der Waals surface area (Å²) in [6, 6.07) is 5.78. The molecule has 1 nitrogen and oxygen atoms in total. The van der Waals surface area contributed by atoms with E-state index in [1.54, 1.807) is 6.07 Å². The van der Waals surface area contributed by atoms with Crippen molar-refractivity contribution in [3.05, 3.63) is 34.1 Å². The smallest absolute Gasteiger partial charge is 0.124 e. The van der Waals surface area contributed by atoms with Crippen LogP contribution >= 0.6 is 15.9 Å². The van der Waals surface area contributed by atoms with E-state index >= 15 is 0 Å². The Morgan fingerprint density at radius 1 is 1.43 bits per heavy atom. The van der Waals surface area contributed by atoms with Gasteiger partial charge >= 0.3 is 0 Å². The first-order chi connectivity index (χ1) is 6.65. The highest BCUT2D eigenvalue weighted by molar-refractivity contribution is 9.10. The molecular weight excluding hydrogens is 245 g/mol. The molecule has 0 spiro atoms. The predicted molar refractivity (Wildman–Crippen MR) is 58.6 cm³/mol. The van der Waals surface area contributed by atoms with E-state index in [1.807, 2.05) is 6.07 Å². The first-order valence-corrected chi connectivity index (χ1v) is 5.59. The summed E-state index contributed by atoms with van der Waals surface area (Å²) >= 11 is 3.30. The highest BCUT2D eigenvalue weighted by atomic mass is 79.9. The fourth-order valence-corrected chi connectivity index (χ4v) is 2.15. The zero-order chi connectivity index (χ0) is 10.1. The van der Waals surface area contributed by atoms with Gasteiger partial charge in [-0.15, -0.1) is 0 Å². The lowest BCUT2D eigenvalue weighted by molar-refractivity contribution is 0.316. The van der Waals surface area contributed by atoms with Crippen LogP contribution in [0.1, 0.15) is 18.4 Å². The first-order valence-electron chi connectivity index (χ1n) is 4.80. The van der Waals surface area contributed by atoms with Gasteiger partial charge in [-0.1, -0.05) is 15.9 Å². The quantitative estimate of drug-likeness (QED) is 0.804. The molecule has 3 heteroatoms. The molecule has 1 fully saturated rings. The lowest BCUT2D eigenvalue weighted by atomic mass is 10.2. The van der Waals surface area contributed by atoms with Gasteiger partial charge in [0.1, 0.15) is 5.82 Å². The van der Waals surface area contributed by atoms with Crippen LogP contribution in [0.4, 0.5) is 4.39 Å². The van der Waals surface area contributed by atoms with Crippen molar-refractivity contribution in [1.29, 1.82) is 0 Å². The number of hydrogen-bond donors (Lipinski definition) is 0. The van der Waals surface area contributed by atoms with E-state index in [4.69, 9.17) is 0 Å². The van der Waals surface area contributed by atoms with Gasteiger partial charge in [0.05, 0.1) is 0 Å². The van der Waals surface area contributed by atoms with Gasteiger partial charge in [-0.3, -0.25) is 4.90 Å². The van der Waals surface area contributed by atoms with Gasteiger partial charge in [-0.05, 0) is 43.7 Å². The van der Waals surface area contributed by atoms with Gasteiger partial charge in [0.15, 0.2) is 0 Å². The zero-order valence-corrected chi connectivity index (χ0v) is 9.72. The SMILES string of the molecule is CN(Cc1cc(F)cc(Br)c1)C1CC1. The molecule has 76 valence electrons. The van der Waals surface area contributed by atoms with Gasteiger partial charge in [-0.25, -0.2) is 4.39 Å². The number of hydrogen-bond acceptors (Lipinski definition) is 1. The van der Waals surface area contributed by atoms with Crippen LogP contribution in [-0.4, -0.2) is 18.0 Å². The second-order valence-electron chi connectivity index (χ2n) is 3.92. The van der Waals surface area contributed by atoms with Crippen LogP contribution in [0.2, 0.25) is 0 Å². The largest absolute Gasteiger partial charge is 0.299 e. The molecule has 1 saturated carbocycles. The van der Waals surface area contributed by atoms with Crippen molar-refractivity contribution in [2.75, 3.05) is 7.05 Å². The molecule has 0 amide bonds. The van der Waals surface area contributed by atoms with Crippen molar-refractivity contribution in [3.8, 4) is 0 Å². The summed E-state index contributed by atoms with van der Waals surface area (Å²) in [7, 11) is 2.09. The summed E-state index contributed by atoms with van der Waals surface area (Å²) < 4.78 is 13.9. The maximum Gasteiger partial charge on any atom is 0.124 e. The van der Waals surface area contributed by atoms with E-state index in [0.717, 1.165) is 22.6 Å². The minimum Gasteiger partial charge on any atom is -0.299 e. The molecule has 14 heavy (non-hydrogen) atoms. The molecule has 0 N–H and O–H groups in total. The van der Waals surface area contributed by atoms with E-state index in [0.29, 0.717) is 0 Å². The van der Waals surface area contributed by atoms with Gasteiger partial charge in [0.2, 0.25) is 0 Å². The Morgan fingerprint density at radius 3 is 2.71 bits per heavy atom. The van der Waals surface area contributed by atoms with Gasteiger partial charge in [-0.2, -0.15) is 0 Å². The van der Waals surface area contributed by atoms with Crippen molar-refractivity contribution < 1.29 is 4.39 Å². The summed E-state index contributed by atoms with van der Waals surface area (Å²) in [5.41, 5.74) is 1.03. The summed E-state index contributed by atoms with van der Waals surface area (Å²) in [6.07, 6.45) is 2.57. The Kier molecular flexibility index (Phi) is 2.88. The summed E-state index contributed by atoms with van der Waals surface area (Å²) in [4.78, 5) is 2.28. The normalized spacial score (nSPS) is 16.3. The molecule has 1 aromatic rings. The van der Waals surface area contributed by atoms with E-state index < -0.39 is 0 Å². The second kappa shape index (κ2) is 3.99. The molecule has 1 aliphatic rings. The fourth-order valence-electron chi connectivity index (χ4n) is 1.63. The molecule has 1 aliphatic carbocycles. The zero-order valence-electron chi connectivity index (χ0n) is 8.13. The summed E-state index contributed by atoms with van der Waals surface area (Å²) in [6.45, 7) is 0.834. The number of benzene rings is 1. The fraction of sp³-hybridized carbons (Fsp3) is 0.455. The molecule has 1 aromatic carbocycles. The minimum atomic E-state index is -0.168. The number of rotatable bonds is 3. The molecule has 2 rings (SSSR count). The summed E-state index contributed by atoms with van der Waals surface area (Å²) in [5.74, 6) is -0.168. The molecule has 0 aromatic heterocycles. The Balaban J connectivity index is 2.07. The standard InChI is InChI=1S/C11H13BrFN/c1-14(11-2-3-11)7-8-4-9(12)6-10(13)5-8/h4-6,11H,2-3,7H2,1H3. The highest BCUT2D eigenvalue weighted by Gasteiger charge is 2.25. The van der Waals surface area contributed by atoms with Crippen molar-refractivity contribution in [1.82, 2.24) is 4.90 Å². The maximum atomic E-state index is 13.0. The van der Waals surface area contributed by atoms with Crippen molar-refractivity contribution >= 4 is 15.9 Å². The first kappa shape index (κ1) is 10.1. The van der Waals surface area contributed by atoms with Crippen LogP contribution in [0.25, 0.3) is 0 Å². The Morgan fingerprint density at radius 2 is 2.14 bits per heavy atom. The highest BCUT2D eigenvalue weighted by Crippen LogP contribution is 2.27. The lowest BCUT2D eigenvalue weighted by Gasteiger charge is -2.15. The average Bonchev–Trinajstić information content (AvgIpc) is 2.82. The van der Waals surface area contributed by atoms with E-state index in [-0.39, 0.29) is 5.82 Å². The second-order valence-corrected chi connectivity index (χ2v) is 4.84. The van der Waals surface area contributed by atoms with Crippen molar-refractivity contribution in [2.24, 2.45) is 0 Å². The Bertz CT molecular complexity index is 316. The number of halogens is 2. The molecule has 0 radical (unpaired) electrons. The van der Waals surface area contributed by atoms with Crippen LogP contribution in [-0.2, 0) is 6.54 Å². The molecule has 0 bridgehead atoms. The van der Waals surface area contributed by atoms with Gasteiger partial charge < -0.3 is 0 Å². The maximum absolute atomic E-state index is 13.0. The average molecular weight is 258 g/mol. The van der Waals surface area contributed by atoms with Crippen LogP contribution in [0.15, 0.2) is 22.7 Å². The van der Waals surface area contributed by atoms with Crippen LogP contribution in [0.5, 0.6) is 0 Å². The molecule has 0 aliphatic heterocycles. The Hall–Kier alpha value is -0.410. The molecule has 0 heterocycles. The molecule has 0 unspecified atom stereocenters. The van der Waals surface area contributed by atoms with Crippen molar-refractivity contribution in [2.45, 2.75) is 25.4 Å². The van der Waals surface area contributed by atoms with Gasteiger partial charge in [0.25, 0.3) is 0 Å². The van der Waals surface area contributed by atoms with Crippen molar-refractivity contribution in [3.63, 3.8) is 0 Å². The van der Waals surface area contributed by atoms with Crippen LogP contribution in [0.3, 0.4) is 0 Å². The van der Waals surface area contributed by atoms with E-state index in [2.05, 4.69) is 27.9 Å². The minimum absolute atomic E-state index is 0.168. The molecular formula is C11H13BrFN. The summed E-state index contributed by atoms with van der Waals surface area (Å²) in [5, 5.41) is 0. The van der Waals surface area contributed by atoms with E-state index in [9.17, 15) is 4.39 Å². The predicted octanol–water partition coefficient (Wildman–Crippen LogP) is 3.18. The molecule has 0 atom stereocenters. The third kappa shape index (κ3) is 2.55. The lowest BCUT2D eigenvalue weighted by Crippen LogP contribution is -2.19. The van der Waals surface area contributed by atoms with Crippen LogP contribution in [0, 0.1) is 5.82 Å². The number of nitrogens with zero attached hydrogens (tertiary/aromatic N) is 1. The topological polar surface area (TPSA) is 3.24 Å². The van der Waals surface area contributed by atoms with E-state index in [1.165, 1.54) is 18.9 Å². The molecule has 0 saturated heterocycles. The Labute approximate surface area is 92.0 Å². The van der Waals surface area contributed by atoms with Gasteiger partial charge in [0, 0.05) is 17.1 Å².